The standard InChI is InChI=1S/C13H11F4N3OS/c14-9-6-10(8-4-2-1-3-5-8)20-11(9)18-12(19-20)22(21)7-13(15,16)17/h1-5,9-10H,6-7H2/t9?,10?,22-/m1/s1. The van der Waals surface area contributed by atoms with Gasteiger partial charge >= 0.3 is 6.18 Å². The summed E-state index contributed by atoms with van der Waals surface area (Å²) in [6.07, 6.45) is -5.91. The van der Waals surface area contributed by atoms with Crippen LogP contribution in [0.15, 0.2) is 35.5 Å². The predicted octanol–water partition coefficient (Wildman–Crippen LogP) is 2.95. The Kier molecular flexibility index (Phi) is 3.75. The highest BCUT2D eigenvalue weighted by Crippen LogP contribution is 2.39. The molecular weight excluding hydrogens is 322 g/mol. The Balaban J connectivity index is 1.92. The van der Waals surface area contributed by atoms with Crippen molar-refractivity contribution in [3.63, 3.8) is 0 Å². The quantitative estimate of drug-likeness (QED) is 0.812. The predicted molar refractivity (Wildman–Crippen MR) is 70.4 cm³/mol. The van der Waals surface area contributed by atoms with E-state index in [4.69, 9.17) is 0 Å². The topological polar surface area (TPSA) is 47.8 Å². The molecule has 0 spiro atoms. The van der Waals surface area contributed by atoms with E-state index in [0.29, 0.717) is 0 Å². The van der Waals surface area contributed by atoms with Gasteiger partial charge in [-0.1, -0.05) is 30.3 Å². The maximum absolute atomic E-state index is 14.0. The molecule has 0 amide bonds. The highest BCUT2D eigenvalue weighted by atomic mass is 32.2. The summed E-state index contributed by atoms with van der Waals surface area (Å²) >= 11 is 0. The number of rotatable bonds is 3. The molecule has 0 fully saturated rings. The second-order valence-electron chi connectivity index (χ2n) is 4.93. The van der Waals surface area contributed by atoms with E-state index in [1.165, 1.54) is 4.68 Å². The van der Waals surface area contributed by atoms with Crippen molar-refractivity contribution in [2.75, 3.05) is 5.75 Å². The lowest BCUT2D eigenvalue weighted by molar-refractivity contribution is -0.105. The summed E-state index contributed by atoms with van der Waals surface area (Å²) < 4.78 is 63.8. The van der Waals surface area contributed by atoms with E-state index in [2.05, 4.69) is 10.1 Å². The SMILES string of the molecule is O=[S@](CC(F)(F)F)c1nc2n(n1)C(c1ccccc1)CC2F. The number of fused-ring (bicyclic) bond motifs is 1. The van der Waals surface area contributed by atoms with Crippen LogP contribution in [0.1, 0.15) is 30.0 Å². The average Bonchev–Trinajstić information content (AvgIpc) is 2.99. The Hall–Kier alpha value is -1.77. The number of benzene rings is 1. The molecule has 0 aliphatic carbocycles. The van der Waals surface area contributed by atoms with E-state index in [9.17, 15) is 21.8 Å². The highest BCUT2D eigenvalue weighted by Gasteiger charge is 2.38. The van der Waals surface area contributed by atoms with Gasteiger partial charge in [0, 0.05) is 6.42 Å². The van der Waals surface area contributed by atoms with Crippen LogP contribution in [0.3, 0.4) is 0 Å². The van der Waals surface area contributed by atoms with E-state index in [1.54, 1.807) is 30.3 Å². The Morgan fingerprint density at radius 1 is 1.27 bits per heavy atom. The van der Waals surface area contributed by atoms with Crippen LogP contribution in [0.4, 0.5) is 17.6 Å². The maximum atomic E-state index is 14.0. The van der Waals surface area contributed by atoms with Gasteiger partial charge in [-0.05, 0) is 5.56 Å². The largest absolute Gasteiger partial charge is 0.400 e. The van der Waals surface area contributed by atoms with Gasteiger partial charge in [-0.2, -0.15) is 13.2 Å². The Labute approximate surface area is 125 Å². The van der Waals surface area contributed by atoms with Crippen molar-refractivity contribution < 1.29 is 21.8 Å². The van der Waals surface area contributed by atoms with Crippen LogP contribution >= 0.6 is 0 Å². The third-order valence-electron chi connectivity index (χ3n) is 3.33. The van der Waals surface area contributed by atoms with Gasteiger partial charge in [0.2, 0.25) is 5.16 Å². The molecule has 1 aliphatic rings. The summed E-state index contributed by atoms with van der Waals surface area (Å²) in [5.74, 6) is -1.61. The zero-order valence-corrected chi connectivity index (χ0v) is 11.9. The molecule has 3 atom stereocenters. The van der Waals surface area contributed by atoms with Crippen LogP contribution in [0.2, 0.25) is 0 Å². The summed E-state index contributed by atoms with van der Waals surface area (Å²) in [5, 5.41) is 3.37. The van der Waals surface area contributed by atoms with Gasteiger partial charge in [0.25, 0.3) is 0 Å². The zero-order valence-electron chi connectivity index (χ0n) is 11.1. The number of halogens is 4. The highest BCUT2D eigenvalue weighted by molar-refractivity contribution is 7.84. The van der Waals surface area contributed by atoms with Gasteiger partial charge in [0.05, 0.1) is 6.04 Å². The van der Waals surface area contributed by atoms with Crippen molar-refractivity contribution in [2.45, 2.75) is 30.0 Å². The first kappa shape index (κ1) is 15.1. The summed E-state index contributed by atoms with van der Waals surface area (Å²) in [6, 6.07) is 8.47. The summed E-state index contributed by atoms with van der Waals surface area (Å²) in [4.78, 5) is 3.71. The van der Waals surface area contributed by atoms with Gasteiger partial charge in [0.1, 0.15) is 16.6 Å². The molecule has 2 unspecified atom stereocenters. The van der Waals surface area contributed by atoms with E-state index in [1.807, 2.05) is 0 Å². The van der Waals surface area contributed by atoms with Crippen LogP contribution in [0.5, 0.6) is 0 Å². The molecule has 0 radical (unpaired) electrons. The summed E-state index contributed by atoms with van der Waals surface area (Å²) in [6.45, 7) is 0. The molecule has 1 aromatic heterocycles. The van der Waals surface area contributed by atoms with Gasteiger partial charge in [-0.15, -0.1) is 5.10 Å². The molecule has 4 nitrogen and oxygen atoms in total. The van der Waals surface area contributed by atoms with Crippen LogP contribution in [-0.4, -0.2) is 30.9 Å². The molecule has 0 bridgehead atoms. The minimum Gasteiger partial charge on any atom is -0.251 e. The number of aromatic nitrogens is 3. The lowest BCUT2D eigenvalue weighted by Gasteiger charge is -2.11. The lowest BCUT2D eigenvalue weighted by Crippen LogP contribution is -2.19. The minimum atomic E-state index is -4.59. The summed E-state index contributed by atoms with van der Waals surface area (Å²) in [5.41, 5.74) is 0.780. The Morgan fingerprint density at radius 2 is 1.95 bits per heavy atom. The molecule has 0 N–H and O–H groups in total. The first-order chi connectivity index (χ1) is 10.3. The van der Waals surface area contributed by atoms with Crippen molar-refractivity contribution in [1.29, 1.82) is 0 Å². The van der Waals surface area contributed by atoms with E-state index >= 15 is 0 Å². The normalized spacial score (nSPS) is 22.5. The molecule has 1 aliphatic heterocycles. The van der Waals surface area contributed by atoms with Crippen molar-refractivity contribution in [3.8, 4) is 0 Å². The number of alkyl halides is 4. The average molecular weight is 333 g/mol. The third kappa shape index (κ3) is 2.90. The summed E-state index contributed by atoms with van der Waals surface area (Å²) in [7, 11) is -2.43. The van der Waals surface area contributed by atoms with Crippen LogP contribution < -0.4 is 0 Å². The van der Waals surface area contributed by atoms with Gasteiger partial charge in [-0.3, -0.25) is 4.21 Å². The fourth-order valence-electron chi connectivity index (χ4n) is 2.42. The molecular formula is C13H11F4N3OS. The number of hydrogen-bond donors (Lipinski definition) is 0. The minimum absolute atomic E-state index is 0.0700. The zero-order chi connectivity index (χ0) is 15.9. The molecule has 118 valence electrons. The Bertz CT molecular complexity index is 701. The molecule has 1 aromatic carbocycles. The first-order valence-corrected chi connectivity index (χ1v) is 7.77. The number of hydrogen-bond acceptors (Lipinski definition) is 3. The number of nitrogens with zero attached hydrogens (tertiary/aromatic N) is 3. The van der Waals surface area contributed by atoms with E-state index in [-0.39, 0.29) is 12.2 Å². The maximum Gasteiger partial charge on any atom is 0.400 e. The second kappa shape index (κ2) is 5.45. The van der Waals surface area contributed by atoms with Crippen LogP contribution in [0, 0.1) is 0 Å². The fourth-order valence-corrected chi connectivity index (χ4v) is 3.22. The molecule has 2 heterocycles. The van der Waals surface area contributed by atoms with Gasteiger partial charge in [-0.25, -0.2) is 14.1 Å². The molecule has 0 saturated carbocycles. The van der Waals surface area contributed by atoms with Crippen molar-refractivity contribution in [3.05, 3.63) is 41.7 Å². The van der Waals surface area contributed by atoms with Gasteiger partial charge < -0.3 is 0 Å². The van der Waals surface area contributed by atoms with Crippen LogP contribution in [-0.2, 0) is 10.8 Å². The van der Waals surface area contributed by atoms with Gasteiger partial charge in [0.15, 0.2) is 12.0 Å². The molecule has 0 saturated heterocycles. The smallest absolute Gasteiger partial charge is 0.251 e. The first-order valence-electron chi connectivity index (χ1n) is 6.46. The van der Waals surface area contributed by atoms with Crippen molar-refractivity contribution in [1.82, 2.24) is 14.8 Å². The third-order valence-corrected chi connectivity index (χ3v) is 4.50. The Morgan fingerprint density at radius 3 is 2.59 bits per heavy atom. The van der Waals surface area contributed by atoms with E-state index < -0.39 is 40.1 Å². The van der Waals surface area contributed by atoms with Crippen molar-refractivity contribution in [2.24, 2.45) is 0 Å². The molecule has 9 heteroatoms. The molecule has 22 heavy (non-hydrogen) atoms. The second-order valence-corrected chi connectivity index (χ2v) is 6.28. The van der Waals surface area contributed by atoms with E-state index in [0.717, 1.165) is 5.56 Å². The molecule has 2 aromatic rings. The molecule has 3 rings (SSSR count). The van der Waals surface area contributed by atoms with Crippen LogP contribution in [0.25, 0.3) is 0 Å². The monoisotopic (exact) mass is 333 g/mol. The lowest BCUT2D eigenvalue weighted by atomic mass is 10.0. The fraction of sp³-hybridized carbons (Fsp3) is 0.385. The van der Waals surface area contributed by atoms with Crippen molar-refractivity contribution >= 4 is 10.8 Å².